The summed E-state index contributed by atoms with van der Waals surface area (Å²) in [7, 11) is 0. The van der Waals surface area contributed by atoms with Gasteiger partial charge in [-0.2, -0.15) is 0 Å². The van der Waals surface area contributed by atoms with Crippen LogP contribution >= 0.6 is 0 Å². The maximum atomic E-state index is 13.0. The van der Waals surface area contributed by atoms with E-state index in [2.05, 4.69) is 16.0 Å². The smallest absolute Gasteiger partial charge is 0.323 e. The van der Waals surface area contributed by atoms with Crippen LogP contribution in [0.4, 0.5) is 16.2 Å². The largest absolute Gasteiger partial charge is 0.548 e. The second kappa shape index (κ2) is 9.08. The molecule has 3 rings (SSSR count). The first-order chi connectivity index (χ1) is 14.3. The highest BCUT2D eigenvalue weighted by molar-refractivity contribution is 6.10. The topological polar surface area (TPSA) is 131 Å². The summed E-state index contributed by atoms with van der Waals surface area (Å²) in [6.45, 7) is 1.07. The summed E-state index contributed by atoms with van der Waals surface area (Å²) < 4.78 is 0. The van der Waals surface area contributed by atoms with Crippen LogP contribution in [0.5, 0.6) is 0 Å². The van der Waals surface area contributed by atoms with Crippen molar-refractivity contribution < 1.29 is 24.3 Å². The first-order valence-corrected chi connectivity index (χ1v) is 9.37. The van der Waals surface area contributed by atoms with Gasteiger partial charge in [0, 0.05) is 6.42 Å². The van der Waals surface area contributed by atoms with E-state index in [9.17, 15) is 24.3 Å². The van der Waals surface area contributed by atoms with Gasteiger partial charge in [0.2, 0.25) is 11.8 Å². The quantitative estimate of drug-likeness (QED) is 0.619. The summed E-state index contributed by atoms with van der Waals surface area (Å²) in [4.78, 5) is 49.9. The van der Waals surface area contributed by atoms with Crippen molar-refractivity contribution in [2.24, 2.45) is 0 Å². The zero-order chi connectivity index (χ0) is 21.7. The normalized spacial score (nSPS) is 14.7. The van der Waals surface area contributed by atoms with Gasteiger partial charge in [0.15, 0.2) is 0 Å². The Kier molecular flexibility index (Phi) is 6.31. The number of nitrogens with one attached hydrogen (secondary N) is 3. The molecule has 1 heterocycles. The minimum absolute atomic E-state index is 0.139. The zero-order valence-electron chi connectivity index (χ0n) is 16.3. The van der Waals surface area contributed by atoms with E-state index in [1.807, 2.05) is 6.07 Å². The number of carbonyl (C=O) groups is 4. The lowest BCUT2D eigenvalue weighted by Crippen LogP contribution is -2.57. The van der Waals surface area contributed by atoms with Gasteiger partial charge in [-0.1, -0.05) is 42.5 Å². The Morgan fingerprint density at radius 3 is 2.43 bits per heavy atom. The highest BCUT2D eigenvalue weighted by Gasteiger charge is 2.30. The monoisotopic (exact) mass is 409 g/mol. The minimum Gasteiger partial charge on any atom is -0.548 e. The molecule has 0 saturated heterocycles. The van der Waals surface area contributed by atoms with Crippen molar-refractivity contribution in [3.05, 3.63) is 60.2 Å². The maximum absolute atomic E-state index is 13.0. The van der Waals surface area contributed by atoms with Crippen molar-refractivity contribution in [2.45, 2.75) is 25.4 Å². The summed E-state index contributed by atoms with van der Waals surface area (Å²) >= 11 is 0. The van der Waals surface area contributed by atoms with Gasteiger partial charge in [0.1, 0.15) is 12.6 Å². The molecule has 30 heavy (non-hydrogen) atoms. The lowest BCUT2D eigenvalue weighted by molar-refractivity contribution is -0.307. The van der Waals surface area contributed by atoms with Crippen molar-refractivity contribution in [1.82, 2.24) is 10.6 Å². The number of carboxylic acids is 1. The van der Waals surface area contributed by atoms with Gasteiger partial charge in [-0.3, -0.25) is 14.5 Å². The third-order valence-corrected chi connectivity index (χ3v) is 4.62. The third kappa shape index (κ3) is 4.93. The number of para-hydroxylation sites is 2. The number of nitrogens with zero attached hydrogens (tertiary/aromatic N) is 1. The van der Waals surface area contributed by atoms with Gasteiger partial charge in [-0.15, -0.1) is 0 Å². The summed E-state index contributed by atoms with van der Waals surface area (Å²) in [6, 6.07) is 12.9. The highest BCUT2D eigenvalue weighted by Crippen LogP contribution is 2.28. The molecule has 0 unspecified atom stereocenters. The Morgan fingerprint density at radius 2 is 1.73 bits per heavy atom. The van der Waals surface area contributed by atoms with E-state index >= 15 is 0 Å². The van der Waals surface area contributed by atoms with E-state index in [0.29, 0.717) is 11.4 Å². The van der Waals surface area contributed by atoms with Crippen LogP contribution in [0.15, 0.2) is 54.6 Å². The van der Waals surface area contributed by atoms with Crippen molar-refractivity contribution in [3.8, 4) is 0 Å². The van der Waals surface area contributed by atoms with E-state index in [-0.39, 0.29) is 18.9 Å². The molecular weight excluding hydrogens is 388 g/mol. The molecule has 3 N–H and O–H groups in total. The molecule has 2 aromatic carbocycles. The van der Waals surface area contributed by atoms with Gasteiger partial charge in [-0.05, 0) is 24.6 Å². The number of amides is 4. The maximum Gasteiger partial charge on any atom is 0.323 e. The number of fused-ring (bicyclic) bond motifs is 1. The number of hydrogen-bond donors (Lipinski definition) is 3. The van der Waals surface area contributed by atoms with Crippen LogP contribution in [0.2, 0.25) is 0 Å². The van der Waals surface area contributed by atoms with E-state index < -0.39 is 30.0 Å². The zero-order valence-corrected chi connectivity index (χ0v) is 16.3. The molecule has 4 amide bonds. The van der Waals surface area contributed by atoms with Crippen molar-refractivity contribution in [2.75, 3.05) is 16.8 Å². The third-order valence-electron chi connectivity index (χ3n) is 4.62. The van der Waals surface area contributed by atoms with Gasteiger partial charge in [0.05, 0.1) is 23.4 Å². The van der Waals surface area contributed by atoms with Gasteiger partial charge >= 0.3 is 6.03 Å². The van der Waals surface area contributed by atoms with E-state index in [4.69, 9.17) is 0 Å². The molecule has 1 aliphatic rings. The van der Waals surface area contributed by atoms with Crippen LogP contribution in [0.1, 0.15) is 12.5 Å². The molecular formula is C21H21N4O5-. The van der Waals surface area contributed by atoms with Gasteiger partial charge in [0.25, 0.3) is 0 Å². The Labute approximate surface area is 173 Å². The Balaban J connectivity index is 1.81. The second-order valence-electron chi connectivity index (χ2n) is 6.89. The van der Waals surface area contributed by atoms with Crippen LogP contribution in [0, 0.1) is 0 Å². The molecule has 0 saturated carbocycles. The lowest BCUT2D eigenvalue weighted by Gasteiger charge is -2.31. The number of anilines is 2. The number of rotatable bonds is 6. The fraction of sp³-hybridized carbons (Fsp3) is 0.238. The fourth-order valence-corrected chi connectivity index (χ4v) is 3.07. The summed E-state index contributed by atoms with van der Waals surface area (Å²) in [5.41, 5.74) is 1.76. The van der Waals surface area contributed by atoms with Crippen LogP contribution in [-0.2, 0) is 20.8 Å². The van der Waals surface area contributed by atoms with Crippen molar-refractivity contribution in [3.63, 3.8) is 0 Å². The lowest BCUT2D eigenvalue weighted by atomic mass is 10.0. The van der Waals surface area contributed by atoms with Crippen LogP contribution in [0.25, 0.3) is 0 Å². The number of urea groups is 1. The summed E-state index contributed by atoms with van der Waals surface area (Å²) in [6.07, 6.45) is 0.139. The second-order valence-corrected chi connectivity index (χ2v) is 6.89. The minimum atomic E-state index is -1.44. The Morgan fingerprint density at radius 1 is 1.07 bits per heavy atom. The molecule has 1 aliphatic heterocycles. The summed E-state index contributed by atoms with van der Waals surface area (Å²) in [5, 5.41) is 18.6. The molecule has 0 aromatic heterocycles. The van der Waals surface area contributed by atoms with Crippen LogP contribution in [-0.4, -0.2) is 42.4 Å². The number of carbonyl (C=O) groups excluding carboxylic acids is 4. The van der Waals surface area contributed by atoms with E-state index in [0.717, 1.165) is 5.56 Å². The Bertz CT molecular complexity index is 963. The number of carboxylic acid groups (broad SMARTS) is 1. The molecule has 2 atom stereocenters. The average Bonchev–Trinajstić information content (AvgIpc) is 2.73. The molecule has 0 radical (unpaired) electrons. The molecule has 0 spiro atoms. The molecule has 0 aliphatic carbocycles. The molecule has 2 aromatic rings. The standard InChI is InChI=1S/C21H22N4O5/c1-13(20(28)29)22-19(27)16(11-14-7-3-2-4-8-14)24-21(30)25-12-18(26)23-15-9-5-6-10-17(15)25/h2-10,13,16H,11-12H2,1H3,(H,22,27)(H,23,26)(H,24,30)(H,28,29)/p-1/t13-,16+/m1/s1. The predicted octanol–water partition coefficient (Wildman–Crippen LogP) is 0.0206. The number of aliphatic carboxylic acids is 1. The van der Waals surface area contributed by atoms with Gasteiger partial charge in [-0.25, -0.2) is 4.79 Å². The number of benzene rings is 2. The fourth-order valence-electron chi connectivity index (χ4n) is 3.07. The highest BCUT2D eigenvalue weighted by atomic mass is 16.4. The van der Waals surface area contributed by atoms with E-state index in [1.54, 1.807) is 48.5 Å². The molecule has 0 fully saturated rings. The van der Waals surface area contributed by atoms with Crippen LogP contribution < -0.4 is 26.0 Å². The van der Waals surface area contributed by atoms with Crippen LogP contribution in [0.3, 0.4) is 0 Å². The molecule has 9 nitrogen and oxygen atoms in total. The average molecular weight is 409 g/mol. The van der Waals surface area contributed by atoms with Crippen molar-refractivity contribution in [1.29, 1.82) is 0 Å². The molecule has 156 valence electrons. The molecule has 0 bridgehead atoms. The van der Waals surface area contributed by atoms with E-state index in [1.165, 1.54) is 11.8 Å². The first-order valence-electron chi connectivity index (χ1n) is 9.37. The first kappa shape index (κ1) is 20.8. The Hall–Kier alpha value is -3.88. The van der Waals surface area contributed by atoms with Crippen molar-refractivity contribution >= 4 is 35.2 Å². The summed E-state index contributed by atoms with van der Waals surface area (Å²) in [5.74, 6) is -2.47. The number of hydrogen-bond acceptors (Lipinski definition) is 5. The molecule has 9 heteroatoms. The predicted molar refractivity (Wildman–Crippen MR) is 107 cm³/mol. The SMILES string of the molecule is C[C@@H](NC(=O)[C@H](Cc1ccccc1)NC(=O)N1CC(=O)Nc2ccccc21)C(=O)[O-]. The van der Waals surface area contributed by atoms with Gasteiger partial charge < -0.3 is 25.9 Å².